The molecule has 0 unspecified atom stereocenters. The molecule has 5 rings (SSSR count). The number of benzene rings is 2. The highest BCUT2D eigenvalue weighted by atomic mass is 16.5. The smallest absolute Gasteiger partial charge is 0.241 e. The Morgan fingerprint density at radius 1 is 1.09 bits per heavy atom. The fraction of sp³-hybridized carbons (Fsp3) is 0.333. The highest BCUT2D eigenvalue weighted by molar-refractivity contribution is 5.78. The Kier molecular flexibility index (Phi) is 6.99. The lowest BCUT2D eigenvalue weighted by atomic mass is 9.96. The van der Waals surface area contributed by atoms with Gasteiger partial charge < -0.3 is 14.4 Å². The molecule has 0 spiro atoms. The number of aromatic nitrogens is 4. The summed E-state index contributed by atoms with van der Waals surface area (Å²) in [4.78, 5) is 23.6. The summed E-state index contributed by atoms with van der Waals surface area (Å²) in [7, 11) is 0. The third kappa shape index (κ3) is 6.02. The standard InChI is InChI=1S/C27H30N6O2/c1-20-3-2-4-24(15-20)26-30-25(35-31-26)18-32-12-9-23(10-13-32)27(34)29-16-21-5-7-22(8-6-21)17-33-14-11-28-19-33/h2-8,11,14-15,19,23H,9-10,12-13,16-18H2,1H3,(H,29,34). The Labute approximate surface area is 205 Å². The molecule has 1 amide bonds. The Bertz CT molecular complexity index is 1240. The molecular weight excluding hydrogens is 440 g/mol. The van der Waals surface area contributed by atoms with Gasteiger partial charge in [0.2, 0.25) is 17.6 Å². The van der Waals surface area contributed by atoms with Crippen molar-refractivity contribution in [3.8, 4) is 11.4 Å². The zero-order valence-electron chi connectivity index (χ0n) is 19.9. The van der Waals surface area contributed by atoms with E-state index < -0.39 is 0 Å². The van der Waals surface area contributed by atoms with Crippen LogP contribution in [0, 0.1) is 12.8 Å². The van der Waals surface area contributed by atoms with Crippen molar-refractivity contribution >= 4 is 5.91 Å². The van der Waals surface area contributed by atoms with Crippen LogP contribution in [0.15, 0.2) is 71.8 Å². The zero-order chi connectivity index (χ0) is 24.0. The second-order valence-corrected chi connectivity index (χ2v) is 9.20. The van der Waals surface area contributed by atoms with E-state index in [1.807, 2.05) is 42.2 Å². The number of amides is 1. The molecule has 8 heteroatoms. The lowest BCUT2D eigenvalue weighted by Gasteiger charge is -2.30. The molecule has 1 aliphatic heterocycles. The van der Waals surface area contributed by atoms with Gasteiger partial charge in [-0.25, -0.2) is 4.98 Å². The second kappa shape index (κ2) is 10.7. The highest BCUT2D eigenvalue weighted by Gasteiger charge is 2.26. The van der Waals surface area contributed by atoms with Gasteiger partial charge in [-0.15, -0.1) is 0 Å². The van der Waals surface area contributed by atoms with E-state index >= 15 is 0 Å². The molecule has 0 saturated carbocycles. The van der Waals surface area contributed by atoms with Crippen molar-refractivity contribution in [1.82, 2.24) is 29.9 Å². The first-order chi connectivity index (χ1) is 17.1. The molecule has 1 fully saturated rings. The Balaban J connectivity index is 1.06. The van der Waals surface area contributed by atoms with Gasteiger partial charge in [0.05, 0.1) is 12.9 Å². The van der Waals surface area contributed by atoms with Crippen LogP contribution in [0.5, 0.6) is 0 Å². The van der Waals surface area contributed by atoms with Gasteiger partial charge >= 0.3 is 0 Å². The Hall–Kier alpha value is -3.78. The molecule has 0 aliphatic carbocycles. The Morgan fingerprint density at radius 2 is 1.89 bits per heavy atom. The summed E-state index contributed by atoms with van der Waals surface area (Å²) in [5.41, 5.74) is 4.43. The van der Waals surface area contributed by atoms with E-state index in [-0.39, 0.29) is 11.8 Å². The van der Waals surface area contributed by atoms with Gasteiger partial charge in [0, 0.05) is 37.0 Å². The van der Waals surface area contributed by atoms with Crippen molar-refractivity contribution in [2.45, 2.75) is 39.4 Å². The number of carbonyl (C=O) groups is 1. The van der Waals surface area contributed by atoms with E-state index in [0.29, 0.717) is 24.8 Å². The molecule has 3 heterocycles. The summed E-state index contributed by atoms with van der Waals surface area (Å²) in [6.07, 6.45) is 7.19. The van der Waals surface area contributed by atoms with Crippen LogP contribution >= 0.6 is 0 Å². The molecule has 180 valence electrons. The molecule has 0 radical (unpaired) electrons. The number of nitrogens with zero attached hydrogens (tertiary/aromatic N) is 5. The van der Waals surface area contributed by atoms with E-state index in [1.165, 1.54) is 5.56 Å². The monoisotopic (exact) mass is 470 g/mol. The van der Waals surface area contributed by atoms with Gasteiger partial charge in [0.15, 0.2) is 0 Å². The number of hydrogen-bond acceptors (Lipinski definition) is 6. The predicted molar refractivity (Wildman–Crippen MR) is 132 cm³/mol. The SMILES string of the molecule is Cc1cccc(-c2noc(CN3CCC(C(=O)NCc4ccc(Cn5ccnc5)cc4)CC3)n2)c1. The minimum Gasteiger partial charge on any atom is -0.352 e. The van der Waals surface area contributed by atoms with E-state index in [4.69, 9.17) is 4.52 Å². The van der Waals surface area contributed by atoms with Crippen LogP contribution in [0.1, 0.15) is 35.4 Å². The summed E-state index contributed by atoms with van der Waals surface area (Å²) >= 11 is 0. The Morgan fingerprint density at radius 3 is 2.63 bits per heavy atom. The van der Waals surface area contributed by atoms with Crippen LogP contribution in [-0.2, 0) is 24.4 Å². The van der Waals surface area contributed by atoms with Crippen molar-refractivity contribution in [3.63, 3.8) is 0 Å². The normalized spacial score (nSPS) is 14.8. The average Bonchev–Trinajstić information content (AvgIpc) is 3.56. The van der Waals surface area contributed by atoms with Crippen LogP contribution in [0.4, 0.5) is 0 Å². The predicted octanol–water partition coefficient (Wildman–Crippen LogP) is 3.82. The van der Waals surface area contributed by atoms with Gasteiger partial charge in [-0.1, -0.05) is 53.2 Å². The number of rotatable bonds is 8. The maximum absolute atomic E-state index is 12.7. The van der Waals surface area contributed by atoms with E-state index in [1.54, 1.807) is 6.20 Å². The minimum atomic E-state index is 0.0392. The molecular formula is C27H30N6O2. The fourth-order valence-corrected chi connectivity index (χ4v) is 4.45. The van der Waals surface area contributed by atoms with Gasteiger partial charge in [0.25, 0.3) is 0 Å². The molecule has 1 saturated heterocycles. The number of aryl methyl sites for hydroxylation is 1. The molecule has 1 aliphatic rings. The fourth-order valence-electron chi connectivity index (χ4n) is 4.45. The van der Waals surface area contributed by atoms with Gasteiger partial charge in [-0.3, -0.25) is 9.69 Å². The van der Waals surface area contributed by atoms with Gasteiger partial charge in [0.1, 0.15) is 0 Å². The number of hydrogen-bond donors (Lipinski definition) is 1. The molecule has 35 heavy (non-hydrogen) atoms. The average molecular weight is 471 g/mol. The third-order valence-corrected chi connectivity index (χ3v) is 6.48. The van der Waals surface area contributed by atoms with Crippen LogP contribution in [0.3, 0.4) is 0 Å². The second-order valence-electron chi connectivity index (χ2n) is 9.20. The molecule has 4 aromatic rings. The van der Waals surface area contributed by atoms with Crippen LogP contribution in [0.25, 0.3) is 11.4 Å². The summed E-state index contributed by atoms with van der Waals surface area (Å²) in [6, 6.07) is 16.4. The van der Waals surface area contributed by atoms with Gasteiger partial charge in [-0.2, -0.15) is 4.98 Å². The number of piperidine rings is 1. The van der Waals surface area contributed by atoms with E-state index in [2.05, 4.69) is 55.7 Å². The molecule has 0 atom stereocenters. The van der Waals surface area contributed by atoms with Crippen LogP contribution in [0.2, 0.25) is 0 Å². The van der Waals surface area contributed by atoms with Crippen molar-refractivity contribution in [1.29, 1.82) is 0 Å². The van der Waals surface area contributed by atoms with E-state index in [9.17, 15) is 4.79 Å². The summed E-state index contributed by atoms with van der Waals surface area (Å²) in [5, 5.41) is 7.24. The molecule has 2 aromatic carbocycles. The van der Waals surface area contributed by atoms with Crippen molar-refractivity contribution < 1.29 is 9.32 Å². The lowest BCUT2D eigenvalue weighted by molar-refractivity contribution is -0.126. The summed E-state index contributed by atoms with van der Waals surface area (Å²) < 4.78 is 7.51. The number of imidazole rings is 1. The third-order valence-electron chi connectivity index (χ3n) is 6.48. The molecule has 8 nitrogen and oxygen atoms in total. The largest absolute Gasteiger partial charge is 0.352 e. The number of nitrogens with one attached hydrogen (secondary N) is 1. The van der Waals surface area contributed by atoms with Gasteiger partial charge in [-0.05, 0) is 50.0 Å². The lowest BCUT2D eigenvalue weighted by Crippen LogP contribution is -2.40. The zero-order valence-corrected chi connectivity index (χ0v) is 19.9. The van der Waals surface area contributed by atoms with Crippen molar-refractivity contribution in [2.75, 3.05) is 13.1 Å². The first-order valence-electron chi connectivity index (χ1n) is 12.1. The molecule has 2 aromatic heterocycles. The van der Waals surface area contributed by atoms with Crippen molar-refractivity contribution in [3.05, 3.63) is 89.8 Å². The van der Waals surface area contributed by atoms with E-state index in [0.717, 1.165) is 49.2 Å². The number of carbonyl (C=O) groups excluding carboxylic acids is 1. The maximum atomic E-state index is 12.7. The highest BCUT2D eigenvalue weighted by Crippen LogP contribution is 2.21. The van der Waals surface area contributed by atoms with Crippen molar-refractivity contribution in [2.24, 2.45) is 5.92 Å². The summed E-state index contributed by atoms with van der Waals surface area (Å²) in [5.74, 6) is 1.40. The number of likely N-dealkylation sites (tertiary alicyclic amines) is 1. The molecule has 1 N–H and O–H groups in total. The quantitative estimate of drug-likeness (QED) is 0.421. The molecule has 0 bridgehead atoms. The van der Waals surface area contributed by atoms with Crippen LogP contribution in [-0.4, -0.2) is 43.6 Å². The maximum Gasteiger partial charge on any atom is 0.241 e. The minimum absolute atomic E-state index is 0.0392. The summed E-state index contributed by atoms with van der Waals surface area (Å²) in [6.45, 7) is 5.67. The first kappa shape index (κ1) is 23.0. The van der Waals surface area contributed by atoms with Crippen LogP contribution < -0.4 is 5.32 Å². The first-order valence-corrected chi connectivity index (χ1v) is 12.1. The topological polar surface area (TPSA) is 89.1 Å².